The fourth-order valence-electron chi connectivity index (χ4n) is 3.41. The first-order valence-corrected chi connectivity index (χ1v) is 10.9. The SMILES string of the molecule is CCCCCCN(CCN1CCOCC1)C(=O)COc1ccc(C(C)=O)cc1OC. The lowest BCUT2D eigenvalue weighted by atomic mass is 10.1. The number of carbonyl (C=O) groups is 2. The summed E-state index contributed by atoms with van der Waals surface area (Å²) in [6.07, 6.45) is 4.47. The summed E-state index contributed by atoms with van der Waals surface area (Å²) in [5.74, 6) is 0.850. The average molecular weight is 421 g/mol. The third-order valence-electron chi connectivity index (χ3n) is 5.35. The Morgan fingerprint density at radius 1 is 1.10 bits per heavy atom. The van der Waals surface area contributed by atoms with Crippen LogP contribution in [0.15, 0.2) is 18.2 Å². The Labute approximate surface area is 180 Å². The van der Waals surface area contributed by atoms with Crippen molar-refractivity contribution in [2.24, 2.45) is 0 Å². The molecule has 1 aliphatic heterocycles. The molecule has 7 heteroatoms. The predicted octanol–water partition coefficient (Wildman–Crippen LogP) is 3.02. The van der Waals surface area contributed by atoms with Crippen molar-refractivity contribution in [3.8, 4) is 11.5 Å². The van der Waals surface area contributed by atoms with Crippen molar-refractivity contribution in [2.45, 2.75) is 39.5 Å². The van der Waals surface area contributed by atoms with Gasteiger partial charge in [-0.2, -0.15) is 0 Å². The molecule has 0 bridgehead atoms. The van der Waals surface area contributed by atoms with Gasteiger partial charge in [0, 0.05) is 38.3 Å². The Bertz CT molecular complexity index is 674. The van der Waals surface area contributed by atoms with Crippen LogP contribution in [0, 0.1) is 0 Å². The Kier molecular flexibility index (Phi) is 10.7. The Balaban J connectivity index is 1.93. The zero-order chi connectivity index (χ0) is 21.8. The molecule has 1 amide bonds. The van der Waals surface area contributed by atoms with E-state index in [1.54, 1.807) is 18.2 Å². The van der Waals surface area contributed by atoms with Crippen LogP contribution >= 0.6 is 0 Å². The molecule has 1 saturated heterocycles. The van der Waals surface area contributed by atoms with E-state index >= 15 is 0 Å². The number of unbranched alkanes of at least 4 members (excludes halogenated alkanes) is 3. The first-order chi connectivity index (χ1) is 14.5. The quantitative estimate of drug-likeness (QED) is 0.361. The van der Waals surface area contributed by atoms with Gasteiger partial charge < -0.3 is 19.1 Å². The number of methoxy groups -OCH3 is 1. The molecule has 0 atom stereocenters. The van der Waals surface area contributed by atoms with Crippen LogP contribution in [0.2, 0.25) is 0 Å². The lowest BCUT2D eigenvalue weighted by Crippen LogP contribution is -2.44. The molecule has 1 aromatic carbocycles. The van der Waals surface area contributed by atoms with Crippen molar-refractivity contribution in [1.29, 1.82) is 0 Å². The molecular weight excluding hydrogens is 384 g/mol. The van der Waals surface area contributed by atoms with E-state index in [-0.39, 0.29) is 18.3 Å². The third kappa shape index (κ3) is 7.95. The topological polar surface area (TPSA) is 68.3 Å². The van der Waals surface area contributed by atoms with Gasteiger partial charge in [-0.25, -0.2) is 0 Å². The molecule has 1 fully saturated rings. The summed E-state index contributed by atoms with van der Waals surface area (Å²) >= 11 is 0. The van der Waals surface area contributed by atoms with Gasteiger partial charge in [-0.1, -0.05) is 26.2 Å². The molecule has 0 radical (unpaired) electrons. The Morgan fingerprint density at radius 3 is 2.53 bits per heavy atom. The van der Waals surface area contributed by atoms with Crippen molar-refractivity contribution in [1.82, 2.24) is 9.80 Å². The van der Waals surface area contributed by atoms with Crippen molar-refractivity contribution in [3.63, 3.8) is 0 Å². The number of nitrogens with zero attached hydrogens (tertiary/aromatic N) is 2. The van der Waals surface area contributed by atoms with Crippen molar-refractivity contribution >= 4 is 11.7 Å². The number of ketones is 1. The summed E-state index contributed by atoms with van der Waals surface area (Å²) in [6, 6.07) is 5.01. The maximum absolute atomic E-state index is 12.9. The van der Waals surface area contributed by atoms with Crippen LogP contribution in [0.25, 0.3) is 0 Å². The molecule has 1 heterocycles. The van der Waals surface area contributed by atoms with Crippen LogP contribution in [0.3, 0.4) is 0 Å². The number of hydrogen-bond acceptors (Lipinski definition) is 6. The molecule has 0 spiro atoms. The molecular formula is C23H36N2O5. The van der Waals surface area contributed by atoms with E-state index in [4.69, 9.17) is 14.2 Å². The highest BCUT2D eigenvalue weighted by Gasteiger charge is 2.18. The van der Waals surface area contributed by atoms with Gasteiger partial charge in [-0.3, -0.25) is 14.5 Å². The van der Waals surface area contributed by atoms with Crippen molar-refractivity contribution in [3.05, 3.63) is 23.8 Å². The summed E-state index contributed by atoms with van der Waals surface area (Å²) in [4.78, 5) is 28.7. The molecule has 30 heavy (non-hydrogen) atoms. The molecule has 0 saturated carbocycles. The largest absolute Gasteiger partial charge is 0.493 e. The van der Waals surface area contributed by atoms with E-state index in [0.717, 1.165) is 52.2 Å². The number of Topliss-reactive ketones (excluding diaryl/α,β-unsaturated/α-hetero) is 1. The highest BCUT2D eigenvalue weighted by molar-refractivity contribution is 5.94. The number of rotatable bonds is 13. The molecule has 0 unspecified atom stereocenters. The van der Waals surface area contributed by atoms with Gasteiger partial charge in [0.2, 0.25) is 0 Å². The van der Waals surface area contributed by atoms with Gasteiger partial charge in [-0.15, -0.1) is 0 Å². The second-order valence-electron chi connectivity index (χ2n) is 7.61. The minimum atomic E-state index is -0.0489. The zero-order valence-corrected chi connectivity index (χ0v) is 18.7. The van der Waals surface area contributed by atoms with Crippen molar-refractivity contribution in [2.75, 3.05) is 59.7 Å². The molecule has 1 aliphatic rings. The normalized spacial score (nSPS) is 14.4. The van der Waals surface area contributed by atoms with Crippen LogP contribution in [0.4, 0.5) is 0 Å². The predicted molar refractivity (Wildman–Crippen MR) is 116 cm³/mol. The van der Waals surface area contributed by atoms with Gasteiger partial charge in [0.15, 0.2) is 23.9 Å². The zero-order valence-electron chi connectivity index (χ0n) is 18.7. The van der Waals surface area contributed by atoms with Crippen molar-refractivity contribution < 1.29 is 23.8 Å². The second-order valence-corrected chi connectivity index (χ2v) is 7.61. The molecule has 7 nitrogen and oxygen atoms in total. The van der Waals surface area contributed by atoms with Gasteiger partial charge in [-0.05, 0) is 31.5 Å². The number of benzene rings is 1. The van der Waals surface area contributed by atoms with E-state index in [0.29, 0.717) is 23.6 Å². The van der Waals surface area contributed by atoms with Gasteiger partial charge in [0.25, 0.3) is 5.91 Å². The molecule has 2 rings (SSSR count). The maximum atomic E-state index is 12.9. The van der Waals surface area contributed by atoms with Gasteiger partial charge in [0.05, 0.1) is 20.3 Å². The Hall–Kier alpha value is -2.12. The van der Waals surface area contributed by atoms with E-state index in [2.05, 4.69) is 11.8 Å². The molecule has 0 aliphatic carbocycles. The molecule has 0 aromatic heterocycles. The van der Waals surface area contributed by atoms with Gasteiger partial charge >= 0.3 is 0 Å². The highest BCUT2D eigenvalue weighted by Crippen LogP contribution is 2.28. The lowest BCUT2D eigenvalue weighted by Gasteiger charge is -2.30. The van der Waals surface area contributed by atoms with E-state index in [1.807, 2.05) is 4.90 Å². The third-order valence-corrected chi connectivity index (χ3v) is 5.35. The summed E-state index contributed by atoms with van der Waals surface area (Å²) < 4.78 is 16.5. The first-order valence-electron chi connectivity index (χ1n) is 10.9. The molecule has 0 N–H and O–H groups in total. The van der Waals surface area contributed by atoms with Crippen LogP contribution in [0.5, 0.6) is 11.5 Å². The number of morpholine rings is 1. The monoisotopic (exact) mass is 420 g/mol. The second kappa shape index (κ2) is 13.2. The summed E-state index contributed by atoms with van der Waals surface area (Å²) in [5.41, 5.74) is 0.550. The fourth-order valence-corrected chi connectivity index (χ4v) is 3.41. The van der Waals surface area contributed by atoms with Crippen LogP contribution < -0.4 is 9.47 Å². The standard InChI is InChI=1S/C23H36N2O5/c1-4-5-6-7-10-25(12-11-24-13-15-29-16-14-24)23(27)18-30-21-9-8-20(19(2)26)17-22(21)28-3/h8-9,17H,4-7,10-16,18H2,1-3H3. The van der Waals surface area contributed by atoms with E-state index < -0.39 is 0 Å². The van der Waals surface area contributed by atoms with E-state index in [1.165, 1.54) is 26.9 Å². The summed E-state index contributed by atoms with van der Waals surface area (Å²) in [5, 5.41) is 0. The number of ether oxygens (including phenoxy) is 3. The highest BCUT2D eigenvalue weighted by atomic mass is 16.5. The molecule has 168 valence electrons. The average Bonchev–Trinajstić information content (AvgIpc) is 2.77. The Morgan fingerprint density at radius 2 is 1.87 bits per heavy atom. The van der Waals surface area contributed by atoms with E-state index in [9.17, 15) is 9.59 Å². The summed E-state index contributed by atoms with van der Waals surface area (Å²) in [7, 11) is 1.52. The number of hydrogen-bond donors (Lipinski definition) is 0. The number of carbonyl (C=O) groups excluding carboxylic acids is 2. The number of amides is 1. The fraction of sp³-hybridized carbons (Fsp3) is 0.652. The maximum Gasteiger partial charge on any atom is 0.260 e. The van der Waals surface area contributed by atoms with Crippen LogP contribution in [-0.2, 0) is 9.53 Å². The minimum absolute atomic E-state index is 0.0301. The van der Waals surface area contributed by atoms with Crippen LogP contribution in [0.1, 0.15) is 49.9 Å². The molecule has 1 aromatic rings. The first kappa shape index (κ1) is 24.2. The minimum Gasteiger partial charge on any atom is -0.493 e. The lowest BCUT2D eigenvalue weighted by molar-refractivity contribution is -0.133. The summed E-state index contributed by atoms with van der Waals surface area (Å²) in [6.45, 7) is 9.24. The smallest absolute Gasteiger partial charge is 0.260 e. The van der Waals surface area contributed by atoms with Crippen LogP contribution in [-0.4, -0.2) is 81.1 Å². The van der Waals surface area contributed by atoms with Gasteiger partial charge in [0.1, 0.15) is 0 Å².